The molecule has 1 aliphatic rings. The number of hydrogen-bond donors (Lipinski definition) is 2. The van der Waals surface area contributed by atoms with E-state index in [-0.39, 0.29) is 24.0 Å². The van der Waals surface area contributed by atoms with Crippen LogP contribution < -0.4 is 11.1 Å². The van der Waals surface area contributed by atoms with Crippen molar-refractivity contribution in [3.63, 3.8) is 0 Å². The van der Waals surface area contributed by atoms with Gasteiger partial charge in [-0.15, -0.1) is 24.0 Å². The van der Waals surface area contributed by atoms with Crippen molar-refractivity contribution in [2.45, 2.75) is 32.4 Å². The van der Waals surface area contributed by atoms with E-state index in [1.165, 1.54) is 29.5 Å². The Balaban J connectivity index is 0.00000231. The van der Waals surface area contributed by atoms with Gasteiger partial charge in [0.15, 0.2) is 5.96 Å². The monoisotopic (exact) mass is 523 g/mol. The van der Waals surface area contributed by atoms with E-state index in [4.69, 9.17) is 5.73 Å². The second-order valence-corrected chi connectivity index (χ2v) is 7.84. The second kappa shape index (κ2) is 9.51. The molecular formula is C25H26IN5. The van der Waals surface area contributed by atoms with Crippen LogP contribution in [0.3, 0.4) is 0 Å². The number of aliphatic imine (C=N–C) groups is 1. The maximum absolute atomic E-state index is 6.10. The summed E-state index contributed by atoms with van der Waals surface area (Å²) >= 11 is 0. The smallest absolute Gasteiger partial charge is 0.193 e. The first-order valence-corrected chi connectivity index (χ1v) is 10.4. The fourth-order valence-electron chi connectivity index (χ4n) is 4.10. The van der Waals surface area contributed by atoms with Crippen LogP contribution in [0.25, 0.3) is 11.0 Å². The maximum atomic E-state index is 6.10. The van der Waals surface area contributed by atoms with Crippen molar-refractivity contribution in [1.82, 2.24) is 9.55 Å². The van der Waals surface area contributed by atoms with Gasteiger partial charge in [0.25, 0.3) is 0 Å². The van der Waals surface area contributed by atoms with E-state index in [0.29, 0.717) is 12.5 Å². The number of halogens is 1. The topological polar surface area (TPSA) is 68.2 Å². The molecule has 0 unspecified atom stereocenters. The van der Waals surface area contributed by atoms with Gasteiger partial charge in [0.05, 0.1) is 23.9 Å². The minimum absolute atomic E-state index is 0. The van der Waals surface area contributed by atoms with E-state index < -0.39 is 0 Å². The molecule has 0 saturated carbocycles. The van der Waals surface area contributed by atoms with Gasteiger partial charge >= 0.3 is 0 Å². The summed E-state index contributed by atoms with van der Waals surface area (Å²) in [6.45, 7) is 1.35. The summed E-state index contributed by atoms with van der Waals surface area (Å²) in [6, 6.07) is 23.2. The SMILES string of the molecule is I.NC(=NCc1ccc(Cn2cnc3ccccc32)cc1)Nc1ccc2c(c1)CCC2. The van der Waals surface area contributed by atoms with Gasteiger partial charge in [-0.3, -0.25) is 0 Å². The Labute approximate surface area is 199 Å². The van der Waals surface area contributed by atoms with Gasteiger partial charge in [0.1, 0.15) is 0 Å². The van der Waals surface area contributed by atoms with Crippen molar-refractivity contribution in [2.75, 3.05) is 5.32 Å². The molecule has 1 aromatic heterocycles. The van der Waals surface area contributed by atoms with Gasteiger partial charge in [-0.05, 0) is 65.8 Å². The number of aromatic nitrogens is 2. The van der Waals surface area contributed by atoms with Gasteiger partial charge in [0.2, 0.25) is 0 Å². The molecule has 0 aliphatic heterocycles. The number of guanidine groups is 1. The molecule has 0 spiro atoms. The van der Waals surface area contributed by atoms with E-state index in [2.05, 4.69) is 68.4 Å². The maximum Gasteiger partial charge on any atom is 0.193 e. The number of nitrogens with one attached hydrogen (secondary N) is 1. The Morgan fingerprint density at radius 1 is 0.968 bits per heavy atom. The molecule has 1 heterocycles. The van der Waals surface area contributed by atoms with Crippen molar-refractivity contribution in [3.05, 3.63) is 95.3 Å². The fourth-order valence-corrected chi connectivity index (χ4v) is 4.10. The first-order valence-electron chi connectivity index (χ1n) is 10.4. The number of nitrogens with two attached hydrogens (primary N) is 1. The molecule has 3 aromatic carbocycles. The Morgan fingerprint density at radius 3 is 2.61 bits per heavy atom. The average molecular weight is 523 g/mol. The molecule has 31 heavy (non-hydrogen) atoms. The predicted molar refractivity (Wildman–Crippen MR) is 138 cm³/mol. The Morgan fingerprint density at radius 2 is 1.74 bits per heavy atom. The van der Waals surface area contributed by atoms with E-state index in [1.807, 2.05) is 24.5 Å². The molecule has 4 aromatic rings. The van der Waals surface area contributed by atoms with Crippen LogP contribution in [-0.2, 0) is 25.9 Å². The minimum atomic E-state index is 0. The second-order valence-electron chi connectivity index (χ2n) is 7.84. The molecule has 6 heteroatoms. The number of aryl methyl sites for hydroxylation is 2. The number of para-hydroxylation sites is 2. The highest BCUT2D eigenvalue weighted by Crippen LogP contribution is 2.24. The number of rotatable bonds is 5. The van der Waals surface area contributed by atoms with Gasteiger partial charge in [0, 0.05) is 12.2 Å². The zero-order chi connectivity index (χ0) is 20.3. The Hall–Kier alpha value is -2.87. The molecule has 5 rings (SSSR count). The molecule has 0 bridgehead atoms. The summed E-state index contributed by atoms with van der Waals surface area (Å²) in [5, 5.41) is 3.22. The number of anilines is 1. The molecule has 1 aliphatic carbocycles. The lowest BCUT2D eigenvalue weighted by Gasteiger charge is -2.08. The van der Waals surface area contributed by atoms with Crippen molar-refractivity contribution in [1.29, 1.82) is 0 Å². The quantitative estimate of drug-likeness (QED) is 0.217. The van der Waals surface area contributed by atoms with Crippen LogP contribution in [0.15, 0.2) is 78.0 Å². The standard InChI is InChI=1S/C25H25N5.HI/c26-25(29-22-13-12-20-4-3-5-21(20)14-22)27-15-18-8-10-19(11-9-18)16-30-17-28-23-6-1-2-7-24(23)30;/h1-2,6-14,17H,3-5,15-16H2,(H3,26,27,29);1H. The Bertz CT molecular complexity index is 1210. The molecule has 0 radical (unpaired) electrons. The number of hydrogen-bond acceptors (Lipinski definition) is 2. The average Bonchev–Trinajstić information content (AvgIpc) is 3.40. The van der Waals surface area contributed by atoms with Gasteiger partial charge in [-0.2, -0.15) is 0 Å². The summed E-state index contributed by atoms with van der Waals surface area (Å²) in [5.74, 6) is 0.446. The lowest BCUT2D eigenvalue weighted by molar-refractivity contribution is 0.823. The van der Waals surface area contributed by atoms with Crippen molar-refractivity contribution >= 4 is 46.7 Å². The van der Waals surface area contributed by atoms with Crippen molar-refractivity contribution < 1.29 is 0 Å². The normalized spacial score (nSPS) is 13.1. The Kier molecular flexibility index (Phi) is 6.56. The number of imidazole rings is 1. The molecule has 0 atom stereocenters. The number of nitrogens with zero attached hydrogens (tertiary/aromatic N) is 3. The van der Waals surface area contributed by atoms with Crippen LogP contribution in [0.4, 0.5) is 5.69 Å². The van der Waals surface area contributed by atoms with E-state index >= 15 is 0 Å². The van der Waals surface area contributed by atoms with Crippen LogP contribution >= 0.6 is 24.0 Å². The summed E-state index contributed by atoms with van der Waals surface area (Å²) < 4.78 is 2.17. The van der Waals surface area contributed by atoms with Crippen LogP contribution in [0, 0.1) is 0 Å². The van der Waals surface area contributed by atoms with Gasteiger partial charge < -0.3 is 15.6 Å². The van der Waals surface area contributed by atoms with E-state index in [9.17, 15) is 0 Å². The van der Waals surface area contributed by atoms with Gasteiger partial charge in [-0.25, -0.2) is 9.98 Å². The fraction of sp³-hybridized carbons (Fsp3) is 0.200. The van der Waals surface area contributed by atoms with Crippen molar-refractivity contribution in [3.8, 4) is 0 Å². The summed E-state index contributed by atoms with van der Waals surface area (Å²) in [7, 11) is 0. The highest BCUT2D eigenvalue weighted by Gasteiger charge is 2.10. The third kappa shape index (κ3) is 4.90. The van der Waals surface area contributed by atoms with Crippen LogP contribution in [-0.4, -0.2) is 15.5 Å². The lowest BCUT2D eigenvalue weighted by Crippen LogP contribution is -2.22. The molecule has 158 valence electrons. The number of fused-ring (bicyclic) bond motifs is 2. The minimum Gasteiger partial charge on any atom is -0.370 e. The lowest BCUT2D eigenvalue weighted by atomic mass is 10.1. The van der Waals surface area contributed by atoms with E-state index in [1.54, 1.807) is 0 Å². The van der Waals surface area contributed by atoms with E-state index in [0.717, 1.165) is 35.2 Å². The van der Waals surface area contributed by atoms with Gasteiger partial charge in [-0.1, -0.05) is 42.5 Å². The summed E-state index contributed by atoms with van der Waals surface area (Å²) in [4.78, 5) is 8.96. The summed E-state index contributed by atoms with van der Waals surface area (Å²) in [6.07, 6.45) is 5.49. The molecule has 3 N–H and O–H groups in total. The molecule has 5 nitrogen and oxygen atoms in total. The van der Waals surface area contributed by atoms with Crippen LogP contribution in [0.1, 0.15) is 28.7 Å². The highest BCUT2D eigenvalue weighted by atomic mass is 127. The first kappa shape index (κ1) is 21.4. The van der Waals surface area contributed by atoms with Crippen molar-refractivity contribution in [2.24, 2.45) is 10.7 Å². The predicted octanol–water partition coefficient (Wildman–Crippen LogP) is 5.12. The highest BCUT2D eigenvalue weighted by molar-refractivity contribution is 14.0. The molecule has 0 saturated heterocycles. The largest absolute Gasteiger partial charge is 0.370 e. The zero-order valence-corrected chi connectivity index (χ0v) is 19.6. The van der Waals surface area contributed by atoms with Crippen LogP contribution in [0.5, 0.6) is 0 Å². The van der Waals surface area contributed by atoms with Crippen LogP contribution in [0.2, 0.25) is 0 Å². The first-order chi connectivity index (χ1) is 14.7. The summed E-state index contributed by atoms with van der Waals surface area (Å²) in [5.41, 5.74) is 14.5. The zero-order valence-electron chi connectivity index (χ0n) is 17.3. The number of benzene rings is 3. The third-order valence-corrected chi connectivity index (χ3v) is 5.71. The molecule has 0 amide bonds. The third-order valence-electron chi connectivity index (χ3n) is 5.71. The molecular weight excluding hydrogens is 497 g/mol. The molecule has 0 fully saturated rings.